The summed E-state index contributed by atoms with van der Waals surface area (Å²) < 4.78 is 0. The van der Waals surface area contributed by atoms with E-state index in [2.05, 4.69) is 10.9 Å². The lowest BCUT2D eigenvalue weighted by atomic mass is 10.2. The van der Waals surface area contributed by atoms with Crippen LogP contribution < -0.4 is 10.9 Å². The predicted octanol–water partition coefficient (Wildman–Crippen LogP) is 1.41. The van der Waals surface area contributed by atoms with Crippen molar-refractivity contribution in [2.45, 2.75) is 32.6 Å². The van der Waals surface area contributed by atoms with E-state index in [-0.39, 0.29) is 11.8 Å². The van der Waals surface area contributed by atoms with Crippen LogP contribution in [0.25, 0.3) is 0 Å². The summed E-state index contributed by atoms with van der Waals surface area (Å²) in [5, 5.41) is 0. The normalized spacial score (nSPS) is 13.3. The molecule has 2 rings (SSSR count). The van der Waals surface area contributed by atoms with Crippen LogP contribution in [0.15, 0.2) is 6.07 Å². The number of hydrogen-bond acceptors (Lipinski definition) is 3. The van der Waals surface area contributed by atoms with Crippen LogP contribution in [0.4, 0.5) is 0 Å². The minimum atomic E-state index is -0.221. The lowest BCUT2D eigenvalue weighted by molar-refractivity contribution is -0.121. The van der Waals surface area contributed by atoms with Crippen LogP contribution >= 0.6 is 11.3 Å². The molecule has 0 aromatic carbocycles. The highest BCUT2D eigenvalue weighted by atomic mass is 32.1. The number of fused-ring (bicyclic) bond motifs is 1. The fourth-order valence-electron chi connectivity index (χ4n) is 1.72. The molecule has 1 aromatic heterocycles. The lowest BCUT2D eigenvalue weighted by Gasteiger charge is -2.03. The number of amides is 2. The quantitative estimate of drug-likeness (QED) is 0.765. The summed E-state index contributed by atoms with van der Waals surface area (Å²) in [5.41, 5.74) is 6.06. The van der Waals surface area contributed by atoms with Crippen LogP contribution in [0.3, 0.4) is 0 Å². The zero-order valence-corrected chi connectivity index (χ0v) is 9.95. The first-order chi connectivity index (χ1) is 7.70. The molecule has 0 spiro atoms. The van der Waals surface area contributed by atoms with E-state index >= 15 is 0 Å². The van der Waals surface area contributed by atoms with Crippen molar-refractivity contribution in [3.63, 3.8) is 0 Å². The molecular weight excluding hydrogens is 224 g/mol. The maximum atomic E-state index is 11.7. The van der Waals surface area contributed by atoms with Gasteiger partial charge in [-0.25, -0.2) is 0 Å². The third-order valence-corrected chi connectivity index (χ3v) is 3.84. The SMILES string of the molecule is CCC(=O)NNC(=O)c1cc2c(s1)CCC2. The topological polar surface area (TPSA) is 58.2 Å². The standard InChI is InChI=1S/C11H14N2O2S/c1-2-10(14)12-13-11(15)9-6-7-4-3-5-8(7)16-9/h6H,2-5H2,1H3,(H,12,14)(H,13,15). The molecule has 0 aliphatic heterocycles. The van der Waals surface area contributed by atoms with E-state index in [4.69, 9.17) is 0 Å². The number of thiophene rings is 1. The number of rotatable bonds is 2. The fraction of sp³-hybridized carbons (Fsp3) is 0.455. The number of nitrogens with one attached hydrogen (secondary N) is 2. The van der Waals surface area contributed by atoms with Crippen molar-refractivity contribution >= 4 is 23.2 Å². The lowest BCUT2D eigenvalue weighted by Crippen LogP contribution is -2.40. The van der Waals surface area contributed by atoms with Crippen LogP contribution in [0.5, 0.6) is 0 Å². The molecule has 0 saturated carbocycles. The van der Waals surface area contributed by atoms with Crippen molar-refractivity contribution in [2.75, 3.05) is 0 Å². The Morgan fingerprint density at radius 3 is 2.88 bits per heavy atom. The summed E-state index contributed by atoms with van der Waals surface area (Å²) in [6.07, 6.45) is 3.70. The van der Waals surface area contributed by atoms with Gasteiger partial charge in [-0.1, -0.05) is 6.92 Å². The molecule has 0 radical (unpaired) electrons. The van der Waals surface area contributed by atoms with Gasteiger partial charge in [0.2, 0.25) is 5.91 Å². The number of aryl methyl sites for hydroxylation is 2. The van der Waals surface area contributed by atoms with E-state index in [0.717, 1.165) is 12.8 Å². The summed E-state index contributed by atoms with van der Waals surface area (Å²) in [7, 11) is 0. The zero-order valence-electron chi connectivity index (χ0n) is 9.13. The molecule has 1 aromatic rings. The highest BCUT2D eigenvalue weighted by Crippen LogP contribution is 2.30. The minimum Gasteiger partial charge on any atom is -0.273 e. The molecule has 86 valence electrons. The third-order valence-electron chi connectivity index (χ3n) is 2.61. The number of carbonyl (C=O) groups excluding carboxylic acids is 2. The Bertz CT molecular complexity index is 404. The van der Waals surface area contributed by atoms with Crippen LogP contribution in [0.2, 0.25) is 0 Å². The molecule has 1 heterocycles. The molecule has 0 unspecified atom stereocenters. The summed E-state index contributed by atoms with van der Waals surface area (Å²) in [6, 6.07) is 1.93. The van der Waals surface area contributed by atoms with Gasteiger partial charge in [0.15, 0.2) is 0 Å². The second kappa shape index (κ2) is 4.65. The molecule has 0 saturated heterocycles. The Morgan fingerprint density at radius 1 is 1.38 bits per heavy atom. The van der Waals surface area contributed by atoms with E-state index in [1.54, 1.807) is 6.92 Å². The Morgan fingerprint density at radius 2 is 2.19 bits per heavy atom. The molecule has 1 aliphatic rings. The molecule has 0 bridgehead atoms. The molecule has 0 fully saturated rings. The molecule has 16 heavy (non-hydrogen) atoms. The van der Waals surface area contributed by atoms with Gasteiger partial charge < -0.3 is 0 Å². The van der Waals surface area contributed by atoms with E-state index in [1.165, 1.54) is 28.2 Å². The highest BCUT2D eigenvalue weighted by molar-refractivity contribution is 7.14. The van der Waals surface area contributed by atoms with Crippen LogP contribution in [-0.2, 0) is 17.6 Å². The number of carbonyl (C=O) groups is 2. The maximum Gasteiger partial charge on any atom is 0.279 e. The molecule has 1 aliphatic carbocycles. The van der Waals surface area contributed by atoms with Gasteiger partial charge in [0.05, 0.1) is 4.88 Å². The largest absolute Gasteiger partial charge is 0.279 e. The molecule has 4 nitrogen and oxygen atoms in total. The fourth-order valence-corrected chi connectivity index (χ4v) is 2.87. The Balaban J connectivity index is 1.96. The summed E-state index contributed by atoms with van der Waals surface area (Å²) >= 11 is 1.53. The van der Waals surface area contributed by atoms with Gasteiger partial charge in [0.25, 0.3) is 5.91 Å². The van der Waals surface area contributed by atoms with Crippen LogP contribution in [0, 0.1) is 0 Å². The highest BCUT2D eigenvalue weighted by Gasteiger charge is 2.18. The van der Waals surface area contributed by atoms with Gasteiger partial charge in [-0.2, -0.15) is 0 Å². The van der Waals surface area contributed by atoms with Gasteiger partial charge in [0, 0.05) is 11.3 Å². The molecule has 0 atom stereocenters. The molecule has 2 N–H and O–H groups in total. The van der Waals surface area contributed by atoms with Crippen molar-refractivity contribution in [3.8, 4) is 0 Å². The van der Waals surface area contributed by atoms with Gasteiger partial charge in [-0.05, 0) is 30.9 Å². The van der Waals surface area contributed by atoms with Gasteiger partial charge in [-0.15, -0.1) is 11.3 Å². The molecule has 5 heteroatoms. The first-order valence-corrected chi connectivity index (χ1v) is 6.23. The Kier molecular flexibility index (Phi) is 3.24. The van der Waals surface area contributed by atoms with Crippen molar-refractivity contribution < 1.29 is 9.59 Å². The smallest absolute Gasteiger partial charge is 0.273 e. The third kappa shape index (κ3) is 2.24. The van der Waals surface area contributed by atoms with Gasteiger partial charge >= 0.3 is 0 Å². The van der Waals surface area contributed by atoms with E-state index in [9.17, 15) is 9.59 Å². The van der Waals surface area contributed by atoms with Crippen LogP contribution in [0.1, 0.15) is 39.9 Å². The maximum absolute atomic E-state index is 11.7. The average Bonchev–Trinajstić information content (AvgIpc) is 2.85. The van der Waals surface area contributed by atoms with Crippen molar-refractivity contribution in [2.24, 2.45) is 0 Å². The Labute approximate surface area is 98.0 Å². The second-order valence-corrected chi connectivity index (χ2v) is 4.91. The summed E-state index contributed by atoms with van der Waals surface area (Å²) in [6.45, 7) is 1.74. The van der Waals surface area contributed by atoms with Crippen molar-refractivity contribution in [3.05, 3.63) is 21.4 Å². The van der Waals surface area contributed by atoms with Gasteiger partial charge in [-0.3, -0.25) is 20.4 Å². The second-order valence-electron chi connectivity index (χ2n) is 3.77. The predicted molar refractivity (Wildman–Crippen MR) is 62.2 cm³/mol. The monoisotopic (exact) mass is 238 g/mol. The minimum absolute atomic E-state index is 0.183. The summed E-state index contributed by atoms with van der Waals surface area (Å²) in [4.78, 5) is 24.6. The first kappa shape index (κ1) is 11.1. The average molecular weight is 238 g/mol. The van der Waals surface area contributed by atoms with E-state index < -0.39 is 0 Å². The molecule has 2 amide bonds. The van der Waals surface area contributed by atoms with Crippen molar-refractivity contribution in [1.29, 1.82) is 0 Å². The van der Waals surface area contributed by atoms with Gasteiger partial charge in [0.1, 0.15) is 0 Å². The van der Waals surface area contributed by atoms with Crippen molar-refractivity contribution in [1.82, 2.24) is 10.9 Å². The summed E-state index contributed by atoms with van der Waals surface area (Å²) in [5.74, 6) is -0.404. The molecular formula is C11H14N2O2S. The van der Waals surface area contributed by atoms with E-state index in [1.807, 2.05) is 6.07 Å². The Hall–Kier alpha value is -1.36. The number of hydrazine groups is 1. The van der Waals surface area contributed by atoms with Crippen LogP contribution in [-0.4, -0.2) is 11.8 Å². The number of hydrogen-bond donors (Lipinski definition) is 2. The first-order valence-electron chi connectivity index (χ1n) is 5.41. The van der Waals surface area contributed by atoms with E-state index in [0.29, 0.717) is 11.3 Å². The zero-order chi connectivity index (χ0) is 11.5.